The predicted molar refractivity (Wildman–Crippen MR) is 73.9 cm³/mol. The molecule has 1 rings (SSSR count). The Morgan fingerprint density at radius 2 is 1.56 bits per heavy atom. The Morgan fingerprint density at radius 1 is 1.06 bits per heavy atom. The van der Waals surface area contributed by atoms with Crippen molar-refractivity contribution >= 4 is 12.2 Å². The molecule has 0 N–H and O–H groups in total. The van der Waals surface area contributed by atoms with Gasteiger partial charge in [-0.3, -0.25) is 4.79 Å². The second-order valence-electron chi connectivity index (χ2n) is 2.68. The molecular weight excluding hydrogens is 198 g/mol. The molecule has 0 atom stereocenters. The maximum Gasteiger partial charge on any atom is 0.257 e. The van der Waals surface area contributed by atoms with Crippen LogP contribution in [-0.2, 0) is 7.05 Å². The third-order valence-corrected chi connectivity index (χ3v) is 1.94. The minimum absolute atomic E-state index is 0.0631. The van der Waals surface area contributed by atoms with E-state index in [1.54, 1.807) is 17.8 Å². The third kappa shape index (κ3) is 4.47. The lowest BCUT2D eigenvalue weighted by atomic mass is 10.3. The Labute approximate surface area is 98.9 Å². The second kappa shape index (κ2) is 10.2. The summed E-state index contributed by atoms with van der Waals surface area (Å²) in [6, 6.07) is 1.94. The first-order valence-corrected chi connectivity index (χ1v) is 5.99. The van der Waals surface area contributed by atoms with Gasteiger partial charge in [-0.15, -0.1) is 0 Å². The van der Waals surface area contributed by atoms with Crippen LogP contribution in [0.2, 0.25) is 0 Å². The van der Waals surface area contributed by atoms with Gasteiger partial charge in [-0.2, -0.15) is 0 Å². The fourth-order valence-electron chi connectivity index (χ4n) is 1.20. The molecule has 2 heteroatoms. The van der Waals surface area contributed by atoms with E-state index in [1.807, 2.05) is 59.8 Å². The average molecular weight is 223 g/mol. The summed E-state index contributed by atoms with van der Waals surface area (Å²) in [4.78, 5) is 11.5. The van der Waals surface area contributed by atoms with E-state index in [0.29, 0.717) is 0 Å². The van der Waals surface area contributed by atoms with Crippen LogP contribution in [0, 0.1) is 0 Å². The van der Waals surface area contributed by atoms with Crippen molar-refractivity contribution in [2.45, 2.75) is 41.5 Å². The van der Waals surface area contributed by atoms with Gasteiger partial charge in [0.25, 0.3) is 5.56 Å². The van der Waals surface area contributed by atoms with E-state index < -0.39 is 0 Å². The van der Waals surface area contributed by atoms with E-state index in [2.05, 4.69) is 0 Å². The van der Waals surface area contributed by atoms with Gasteiger partial charge in [0.15, 0.2) is 0 Å². The van der Waals surface area contributed by atoms with E-state index in [9.17, 15) is 4.79 Å². The molecule has 0 spiro atoms. The summed E-state index contributed by atoms with van der Waals surface area (Å²) < 4.78 is 1.59. The molecular formula is C14H25NO. The fourth-order valence-corrected chi connectivity index (χ4v) is 1.20. The van der Waals surface area contributed by atoms with Gasteiger partial charge in [0.2, 0.25) is 0 Å². The number of rotatable bonds is 0. The Morgan fingerprint density at radius 3 is 1.94 bits per heavy atom. The van der Waals surface area contributed by atoms with Gasteiger partial charge >= 0.3 is 0 Å². The van der Waals surface area contributed by atoms with E-state index >= 15 is 0 Å². The lowest BCUT2D eigenvalue weighted by Gasteiger charge is -1.95. The maximum atomic E-state index is 11.5. The van der Waals surface area contributed by atoms with Crippen LogP contribution in [0.3, 0.4) is 0 Å². The van der Waals surface area contributed by atoms with E-state index in [-0.39, 0.29) is 5.56 Å². The number of pyridine rings is 1. The zero-order chi connectivity index (χ0) is 13.1. The number of aryl methyl sites for hydroxylation is 1. The lowest BCUT2D eigenvalue weighted by molar-refractivity contribution is 0.846. The molecule has 0 aliphatic heterocycles. The molecule has 0 aliphatic carbocycles. The first kappa shape index (κ1) is 17.1. The smallest absolute Gasteiger partial charge is 0.257 e. The van der Waals surface area contributed by atoms with Crippen molar-refractivity contribution in [3.8, 4) is 0 Å². The number of hydrogen-bond acceptors (Lipinski definition) is 1. The van der Waals surface area contributed by atoms with Crippen molar-refractivity contribution in [1.82, 2.24) is 4.57 Å². The van der Waals surface area contributed by atoms with Gasteiger partial charge in [-0.25, -0.2) is 0 Å². The highest BCUT2D eigenvalue weighted by Crippen LogP contribution is 1.66. The molecule has 0 aromatic carbocycles. The molecule has 0 amide bonds. The minimum atomic E-state index is 0.0631. The second-order valence-corrected chi connectivity index (χ2v) is 2.68. The summed E-state index contributed by atoms with van der Waals surface area (Å²) in [5.41, 5.74) is 0.0631. The SMILES string of the molecule is C/C=c1/ccn(C)c(=O)/c1=C/C.CC.CC. The Balaban J connectivity index is 0. The standard InChI is InChI=1S/C10H13NO.2C2H6/c1-4-8-6-7-11(3)10(12)9(8)5-2;2*1-2/h4-7H,1-3H3;2*1-2H3/b8-4-,9-5+;;. The normalized spacial score (nSPS) is 11.2. The van der Waals surface area contributed by atoms with Gasteiger partial charge in [0.05, 0.1) is 0 Å². The predicted octanol–water partition coefficient (Wildman–Crippen LogP) is 2.04. The molecule has 0 fully saturated rings. The summed E-state index contributed by atoms with van der Waals surface area (Å²) in [5.74, 6) is 0. The third-order valence-electron chi connectivity index (χ3n) is 1.94. The van der Waals surface area contributed by atoms with Crippen molar-refractivity contribution in [3.63, 3.8) is 0 Å². The molecule has 0 saturated carbocycles. The van der Waals surface area contributed by atoms with Crippen molar-refractivity contribution in [2.75, 3.05) is 0 Å². The van der Waals surface area contributed by atoms with Gasteiger partial charge in [0.1, 0.15) is 0 Å². The zero-order valence-electron chi connectivity index (χ0n) is 11.7. The van der Waals surface area contributed by atoms with Gasteiger partial charge in [-0.1, -0.05) is 39.8 Å². The molecule has 1 heterocycles. The number of nitrogens with zero attached hydrogens (tertiary/aromatic N) is 1. The molecule has 16 heavy (non-hydrogen) atoms. The topological polar surface area (TPSA) is 22.0 Å². The van der Waals surface area contributed by atoms with Crippen molar-refractivity contribution in [2.24, 2.45) is 7.05 Å². The van der Waals surface area contributed by atoms with Crippen LogP contribution in [0.1, 0.15) is 41.5 Å². The molecule has 1 aromatic rings. The van der Waals surface area contributed by atoms with E-state index in [0.717, 1.165) is 10.4 Å². The number of hydrogen-bond donors (Lipinski definition) is 0. The Bertz CT molecular complexity index is 441. The molecule has 2 nitrogen and oxygen atoms in total. The van der Waals surface area contributed by atoms with E-state index in [1.165, 1.54) is 0 Å². The van der Waals surface area contributed by atoms with Gasteiger partial charge < -0.3 is 4.57 Å². The lowest BCUT2D eigenvalue weighted by Crippen LogP contribution is -2.43. The van der Waals surface area contributed by atoms with Crippen LogP contribution >= 0.6 is 0 Å². The first-order valence-electron chi connectivity index (χ1n) is 5.99. The highest BCUT2D eigenvalue weighted by Gasteiger charge is 1.91. The largest absolute Gasteiger partial charge is 0.318 e. The van der Waals surface area contributed by atoms with E-state index in [4.69, 9.17) is 0 Å². The number of aromatic nitrogens is 1. The van der Waals surface area contributed by atoms with Crippen LogP contribution in [0.25, 0.3) is 12.2 Å². The van der Waals surface area contributed by atoms with Crippen LogP contribution < -0.4 is 16.0 Å². The van der Waals surface area contributed by atoms with Gasteiger partial charge in [-0.05, 0) is 25.1 Å². The maximum absolute atomic E-state index is 11.5. The summed E-state index contributed by atoms with van der Waals surface area (Å²) in [5, 5.41) is 1.78. The Hall–Kier alpha value is -1.31. The van der Waals surface area contributed by atoms with Crippen LogP contribution in [0.5, 0.6) is 0 Å². The highest BCUT2D eigenvalue weighted by atomic mass is 16.1. The molecule has 0 bridgehead atoms. The summed E-state index contributed by atoms with van der Waals surface area (Å²) in [6.45, 7) is 11.8. The fraction of sp³-hybridized carbons (Fsp3) is 0.500. The summed E-state index contributed by atoms with van der Waals surface area (Å²) in [6.07, 6.45) is 5.57. The zero-order valence-corrected chi connectivity index (χ0v) is 11.7. The van der Waals surface area contributed by atoms with Crippen molar-refractivity contribution in [1.29, 1.82) is 0 Å². The molecule has 0 unspecified atom stereocenters. The van der Waals surface area contributed by atoms with Crippen LogP contribution in [0.4, 0.5) is 0 Å². The minimum Gasteiger partial charge on any atom is -0.318 e. The monoisotopic (exact) mass is 223 g/mol. The first-order chi connectivity index (χ1) is 7.70. The Kier molecular flexibility index (Phi) is 10.9. The molecule has 0 aliphatic rings. The quantitative estimate of drug-likeness (QED) is 0.659. The molecule has 1 aromatic heterocycles. The highest BCUT2D eigenvalue weighted by molar-refractivity contribution is 5.27. The molecule has 0 saturated heterocycles. The van der Waals surface area contributed by atoms with Crippen molar-refractivity contribution < 1.29 is 0 Å². The van der Waals surface area contributed by atoms with Crippen LogP contribution in [0.15, 0.2) is 17.1 Å². The van der Waals surface area contributed by atoms with Crippen LogP contribution in [-0.4, -0.2) is 4.57 Å². The summed E-state index contributed by atoms with van der Waals surface area (Å²) in [7, 11) is 1.76. The summed E-state index contributed by atoms with van der Waals surface area (Å²) >= 11 is 0. The van der Waals surface area contributed by atoms with Crippen molar-refractivity contribution in [3.05, 3.63) is 33.1 Å². The average Bonchev–Trinajstić information content (AvgIpc) is 2.37. The molecule has 0 radical (unpaired) electrons. The van der Waals surface area contributed by atoms with Gasteiger partial charge in [0, 0.05) is 18.5 Å². The molecule has 92 valence electrons.